The highest BCUT2D eigenvalue weighted by Gasteiger charge is 2.13. The second-order valence-electron chi connectivity index (χ2n) is 5.85. The van der Waals surface area contributed by atoms with Gasteiger partial charge in [0.1, 0.15) is 11.6 Å². The van der Waals surface area contributed by atoms with E-state index in [1.807, 2.05) is 18.5 Å². The van der Waals surface area contributed by atoms with Gasteiger partial charge in [-0.05, 0) is 49.6 Å². The summed E-state index contributed by atoms with van der Waals surface area (Å²) in [5.74, 6) is 0.828. The van der Waals surface area contributed by atoms with Gasteiger partial charge in [0.05, 0.1) is 0 Å². The van der Waals surface area contributed by atoms with Crippen LogP contribution in [-0.2, 0) is 0 Å². The molecule has 112 valence electrons. The molecular formula is C18H18FN3. The first kappa shape index (κ1) is 13.3. The molecule has 1 aliphatic heterocycles. The summed E-state index contributed by atoms with van der Waals surface area (Å²) in [5, 5.41) is 1.02. The van der Waals surface area contributed by atoms with Gasteiger partial charge in [-0.25, -0.2) is 9.37 Å². The number of rotatable bonds is 2. The summed E-state index contributed by atoms with van der Waals surface area (Å²) in [6, 6.07) is 9.02. The van der Waals surface area contributed by atoms with E-state index >= 15 is 0 Å². The summed E-state index contributed by atoms with van der Waals surface area (Å²) in [6.45, 7) is 2.19. The number of benzene rings is 1. The first-order chi connectivity index (χ1) is 10.8. The molecule has 0 aliphatic carbocycles. The average Bonchev–Trinajstić information content (AvgIpc) is 2.99. The molecule has 2 aromatic heterocycles. The van der Waals surface area contributed by atoms with Crippen molar-refractivity contribution in [1.82, 2.24) is 9.97 Å². The Hall–Kier alpha value is -2.36. The molecule has 0 radical (unpaired) electrons. The van der Waals surface area contributed by atoms with Crippen LogP contribution in [0.3, 0.4) is 0 Å². The Morgan fingerprint density at radius 1 is 1.05 bits per heavy atom. The number of hydrogen-bond donors (Lipinski definition) is 1. The lowest BCUT2D eigenvalue weighted by molar-refractivity contribution is 0.573. The fourth-order valence-electron chi connectivity index (χ4n) is 3.19. The third kappa shape index (κ3) is 2.34. The first-order valence-corrected chi connectivity index (χ1v) is 7.79. The lowest BCUT2D eigenvalue weighted by Gasteiger charge is -2.27. The number of anilines is 1. The zero-order chi connectivity index (χ0) is 14.9. The van der Waals surface area contributed by atoms with Crippen LogP contribution < -0.4 is 4.90 Å². The van der Waals surface area contributed by atoms with Crippen LogP contribution in [0.2, 0.25) is 0 Å². The fourth-order valence-corrected chi connectivity index (χ4v) is 3.19. The quantitative estimate of drug-likeness (QED) is 0.761. The van der Waals surface area contributed by atoms with Gasteiger partial charge in [-0.1, -0.05) is 0 Å². The molecule has 1 N–H and O–H groups in total. The molecule has 1 saturated heterocycles. The molecule has 0 bridgehead atoms. The Balaban J connectivity index is 1.67. The van der Waals surface area contributed by atoms with Crippen LogP contribution in [0, 0.1) is 5.82 Å². The average molecular weight is 295 g/mol. The fraction of sp³-hybridized carbons (Fsp3) is 0.278. The van der Waals surface area contributed by atoms with Crippen LogP contribution in [0.5, 0.6) is 0 Å². The van der Waals surface area contributed by atoms with Gasteiger partial charge in [0.15, 0.2) is 0 Å². The summed E-state index contributed by atoms with van der Waals surface area (Å²) < 4.78 is 13.3. The van der Waals surface area contributed by atoms with Crippen LogP contribution in [0.1, 0.15) is 19.3 Å². The van der Waals surface area contributed by atoms with Crippen molar-refractivity contribution in [3.05, 3.63) is 48.5 Å². The normalized spacial score (nSPS) is 15.4. The molecule has 3 aromatic rings. The minimum atomic E-state index is -0.223. The minimum Gasteiger partial charge on any atom is -0.360 e. The third-order valence-corrected chi connectivity index (χ3v) is 4.38. The molecule has 0 saturated carbocycles. The number of halogens is 1. The van der Waals surface area contributed by atoms with Gasteiger partial charge in [-0.15, -0.1) is 0 Å². The SMILES string of the molecule is Fc1ccc2c(-c3ccc(N4CCCCC4)nc3)c[nH]c2c1. The predicted octanol–water partition coefficient (Wildman–Crippen LogP) is 4.36. The number of piperidine rings is 1. The summed E-state index contributed by atoms with van der Waals surface area (Å²) in [5.41, 5.74) is 2.93. The molecule has 1 aliphatic rings. The Morgan fingerprint density at radius 2 is 1.91 bits per heavy atom. The molecule has 4 rings (SSSR count). The summed E-state index contributed by atoms with van der Waals surface area (Å²) in [6.07, 6.45) is 7.65. The number of pyridine rings is 1. The molecule has 4 heteroatoms. The van der Waals surface area contributed by atoms with Crippen molar-refractivity contribution < 1.29 is 4.39 Å². The Bertz CT molecular complexity index is 786. The lowest BCUT2D eigenvalue weighted by Crippen LogP contribution is -2.29. The van der Waals surface area contributed by atoms with Crippen LogP contribution in [0.4, 0.5) is 10.2 Å². The van der Waals surface area contributed by atoms with E-state index in [1.54, 1.807) is 0 Å². The molecule has 3 nitrogen and oxygen atoms in total. The number of nitrogens with one attached hydrogen (secondary N) is 1. The van der Waals surface area contributed by atoms with Crippen molar-refractivity contribution in [3.63, 3.8) is 0 Å². The molecule has 1 aromatic carbocycles. The maximum Gasteiger partial charge on any atom is 0.128 e. The van der Waals surface area contributed by atoms with Gasteiger partial charge in [-0.3, -0.25) is 0 Å². The van der Waals surface area contributed by atoms with Crippen LogP contribution >= 0.6 is 0 Å². The highest BCUT2D eigenvalue weighted by molar-refractivity contribution is 5.95. The smallest absolute Gasteiger partial charge is 0.128 e. The maximum atomic E-state index is 13.3. The number of aromatic nitrogens is 2. The van der Waals surface area contributed by atoms with E-state index in [1.165, 1.54) is 31.4 Å². The van der Waals surface area contributed by atoms with E-state index in [0.29, 0.717) is 0 Å². The third-order valence-electron chi connectivity index (χ3n) is 4.38. The number of nitrogens with zero attached hydrogens (tertiary/aromatic N) is 2. The second kappa shape index (κ2) is 5.44. The van der Waals surface area contributed by atoms with Crippen molar-refractivity contribution in [2.75, 3.05) is 18.0 Å². The topological polar surface area (TPSA) is 31.9 Å². The van der Waals surface area contributed by atoms with Crippen LogP contribution in [0.25, 0.3) is 22.0 Å². The summed E-state index contributed by atoms with van der Waals surface area (Å²) in [4.78, 5) is 10.1. The zero-order valence-corrected chi connectivity index (χ0v) is 12.3. The highest BCUT2D eigenvalue weighted by atomic mass is 19.1. The molecule has 0 amide bonds. The van der Waals surface area contributed by atoms with Crippen molar-refractivity contribution >= 4 is 16.7 Å². The van der Waals surface area contributed by atoms with Gasteiger partial charge in [0.2, 0.25) is 0 Å². The Labute approximate surface area is 128 Å². The molecule has 0 atom stereocenters. The first-order valence-electron chi connectivity index (χ1n) is 7.79. The number of H-pyrrole nitrogens is 1. The standard InChI is InChI=1S/C18H18FN3/c19-14-5-6-15-16(12-20-17(15)10-14)13-4-7-18(21-11-13)22-8-2-1-3-9-22/h4-7,10-12,20H,1-3,8-9H2. The largest absolute Gasteiger partial charge is 0.360 e. The van der Waals surface area contributed by atoms with Gasteiger partial charge < -0.3 is 9.88 Å². The van der Waals surface area contributed by atoms with E-state index < -0.39 is 0 Å². The van der Waals surface area contributed by atoms with Crippen molar-refractivity contribution in [3.8, 4) is 11.1 Å². The molecule has 0 unspecified atom stereocenters. The van der Waals surface area contributed by atoms with Crippen molar-refractivity contribution in [2.24, 2.45) is 0 Å². The molecule has 1 fully saturated rings. The highest BCUT2D eigenvalue weighted by Crippen LogP contribution is 2.29. The summed E-state index contributed by atoms with van der Waals surface area (Å²) >= 11 is 0. The Kier molecular flexibility index (Phi) is 3.29. The molecule has 0 spiro atoms. The molecule has 3 heterocycles. The predicted molar refractivity (Wildman–Crippen MR) is 87.6 cm³/mol. The molecular weight excluding hydrogens is 277 g/mol. The minimum absolute atomic E-state index is 0.223. The van der Waals surface area contributed by atoms with Gasteiger partial charge in [0, 0.05) is 47.5 Å². The zero-order valence-electron chi connectivity index (χ0n) is 12.3. The van der Waals surface area contributed by atoms with E-state index in [-0.39, 0.29) is 5.82 Å². The van der Waals surface area contributed by atoms with E-state index in [9.17, 15) is 4.39 Å². The van der Waals surface area contributed by atoms with E-state index in [0.717, 1.165) is 40.9 Å². The van der Waals surface area contributed by atoms with Crippen molar-refractivity contribution in [1.29, 1.82) is 0 Å². The maximum absolute atomic E-state index is 13.3. The molecule has 22 heavy (non-hydrogen) atoms. The Morgan fingerprint density at radius 3 is 2.68 bits per heavy atom. The van der Waals surface area contributed by atoms with Crippen molar-refractivity contribution in [2.45, 2.75) is 19.3 Å². The number of fused-ring (bicyclic) bond motifs is 1. The monoisotopic (exact) mass is 295 g/mol. The number of hydrogen-bond acceptors (Lipinski definition) is 2. The van der Waals surface area contributed by atoms with Gasteiger partial charge in [0.25, 0.3) is 0 Å². The second-order valence-corrected chi connectivity index (χ2v) is 5.85. The van der Waals surface area contributed by atoms with Crippen LogP contribution in [-0.4, -0.2) is 23.1 Å². The van der Waals surface area contributed by atoms with Gasteiger partial charge >= 0.3 is 0 Å². The summed E-state index contributed by atoms with van der Waals surface area (Å²) in [7, 11) is 0. The van der Waals surface area contributed by atoms with Gasteiger partial charge in [-0.2, -0.15) is 0 Å². The lowest BCUT2D eigenvalue weighted by atomic mass is 10.1. The number of aromatic amines is 1. The van der Waals surface area contributed by atoms with Crippen LogP contribution in [0.15, 0.2) is 42.7 Å². The van der Waals surface area contributed by atoms with E-state index in [2.05, 4.69) is 27.0 Å². The van der Waals surface area contributed by atoms with E-state index in [4.69, 9.17) is 0 Å².